The molecule has 0 spiro atoms. The Balaban J connectivity index is 1.16. The largest absolute Gasteiger partial charge is 0.368 e. The summed E-state index contributed by atoms with van der Waals surface area (Å²) in [6.07, 6.45) is 7.76. The number of nitrogens with one attached hydrogen (secondary N) is 2. The fraction of sp³-hybridized carbons (Fsp3) is 0.500. The summed E-state index contributed by atoms with van der Waals surface area (Å²) in [5.74, 6) is 1.66. The minimum absolute atomic E-state index is 0.338. The first-order chi connectivity index (χ1) is 16.5. The lowest BCUT2D eigenvalue weighted by atomic mass is 9.96. The molecule has 3 atom stereocenters. The van der Waals surface area contributed by atoms with Gasteiger partial charge in [-0.15, -0.1) is 22.7 Å². The van der Waals surface area contributed by atoms with Gasteiger partial charge in [0.1, 0.15) is 10.7 Å². The van der Waals surface area contributed by atoms with Crippen LogP contribution in [0.1, 0.15) is 83.6 Å². The van der Waals surface area contributed by atoms with Gasteiger partial charge in [-0.05, 0) is 67.5 Å². The summed E-state index contributed by atoms with van der Waals surface area (Å²) in [5.41, 5.74) is 2.58. The van der Waals surface area contributed by atoms with Crippen molar-refractivity contribution >= 4 is 57.6 Å². The Morgan fingerprint density at radius 2 is 1.35 bits per heavy atom. The molecule has 0 radical (unpaired) electrons. The van der Waals surface area contributed by atoms with E-state index in [1.165, 1.54) is 72.8 Å². The van der Waals surface area contributed by atoms with Gasteiger partial charge in [0.2, 0.25) is 0 Å². The topological polar surface area (TPSA) is 24.1 Å². The lowest BCUT2D eigenvalue weighted by molar-refractivity contribution is 0.438. The molecule has 2 aliphatic rings. The summed E-state index contributed by atoms with van der Waals surface area (Å²) >= 11 is 7.85. The van der Waals surface area contributed by atoms with Crippen molar-refractivity contribution in [3.05, 3.63) is 55.9 Å². The molecule has 3 aromatic rings. The van der Waals surface area contributed by atoms with Crippen LogP contribution in [0.5, 0.6) is 0 Å². The Kier molecular flexibility index (Phi) is 7.89. The number of rotatable bonds is 10. The zero-order valence-electron chi connectivity index (χ0n) is 20.6. The molecule has 34 heavy (non-hydrogen) atoms. The van der Waals surface area contributed by atoms with E-state index in [0.29, 0.717) is 10.7 Å². The SMILES string of the molecule is CCc1ccc(C2Nc3cc4c(cc3S2)NC(c2ccc(CCC(C)CCCC(C)C)s2)S4)s1. The second-order valence-electron chi connectivity index (χ2n) is 10.1. The van der Waals surface area contributed by atoms with Gasteiger partial charge >= 0.3 is 0 Å². The first kappa shape index (κ1) is 24.6. The first-order valence-electron chi connectivity index (χ1n) is 12.7. The summed E-state index contributed by atoms with van der Waals surface area (Å²) in [4.78, 5) is 8.61. The van der Waals surface area contributed by atoms with Gasteiger partial charge < -0.3 is 10.6 Å². The van der Waals surface area contributed by atoms with Gasteiger partial charge in [0.15, 0.2) is 0 Å². The molecule has 5 rings (SSSR count). The number of thiophene rings is 2. The number of anilines is 2. The average molecular weight is 529 g/mol. The van der Waals surface area contributed by atoms with E-state index in [4.69, 9.17) is 0 Å². The van der Waals surface area contributed by atoms with Crippen molar-refractivity contribution in [3.8, 4) is 0 Å². The van der Waals surface area contributed by atoms with Crippen molar-refractivity contribution in [2.75, 3.05) is 10.6 Å². The fourth-order valence-corrected chi connectivity index (χ4v) is 9.19. The van der Waals surface area contributed by atoms with Gasteiger partial charge in [-0.1, -0.05) is 70.5 Å². The van der Waals surface area contributed by atoms with Gasteiger partial charge in [0, 0.05) is 29.3 Å². The molecule has 2 N–H and O–H groups in total. The summed E-state index contributed by atoms with van der Waals surface area (Å²) in [5, 5.41) is 8.24. The third-order valence-corrected chi connectivity index (χ3v) is 11.9. The molecular weight excluding hydrogens is 493 g/mol. The molecule has 182 valence electrons. The zero-order chi connectivity index (χ0) is 23.7. The first-order valence-corrected chi connectivity index (χ1v) is 16.1. The van der Waals surface area contributed by atoms with E-state index < -0.39 is 0 Å². The molecule has 3 unspecified atom stereocenters. The van der Waals surface area contributed by atoms with Crippen molar-refractivity contribution in [1.29, 1.82) is 0 Å². The number of fused-ring (bicyclic) bond motifs is 2. The highest BCUT2D eigenvalue weighted by Gasteiger charge is 2.30. The minimum Gasteiger partial charge on any atom is -0.368 e. The van der Waals surface area contributed by atoms with E-state index in [0.717, 1.165) is 18.3 Å². The summed E-state index contributed by atoms with van der Waals surface area (Å²) in [6, 6.07) is 14.0. The predicted octanol–water partition coefficient (Wildman–Crippen LogP) is 10.2. The maximum atomic E-state index is 3.80. The van der Waals surface area contributed by atoms with E-state index in [9.17, 15) is 0 Å². The van der Waals surface area contributed by atoms with Crippen molar-refractivity contribution in [1.82, 2.24) is 0 Å². The Labute approximate surface area is 221 Å². The van der Waals surface area contributed by atoms with E-state index in [-0.39, 0.29) is 0 Å². The molecule has 6 heteroatoms. The zero-order valence-corrected chi connectivity index (χ0v) is 23.9. The van der Waals surface area contributed by atoms with Crippen LogP contribution in [-0.4, -0.2) is 0 Å². The molecular formula is C28H36N2S4. The third-order valence-electron chi connectivity index (χ3n) is 6.74. The Morgan fingerprint density at radius 1 is 0.765 bits per heavy atom. The third kappa shape index (κ3) is 5.66. The number of benzene rings is 1. The molecule has 1 aromatic carbocycles. The van der Waals surface area contributed by atoms with Crippen molar-refractivity contribution in [2.24, 2.45) is 11.8 Å². The molecule has 0 fully saturated rings. The molecule has 0 amide bonds. The van der Waals surface area contributed by atoms with Crippen molar-refractivity contribution < 1.29 is 0 Å². The van der Waals surface area contributed by atoms with Crippen LogP contribution in [0.2, 0.25) is 0 Å². The summed E-state index contributed by atoms with van der Waals surface area (Å²) in [7, 11) is 0. The van der Waals surface area contributed by atoms with Crippen LogP contribution in [0.25, 0.3) is 0 Å². The van der Waals surface area contributed by atoms with Gasteiger partial charge in [-0.3, -0.25) is 0 Å². The average Bonchev–Trinajstić information content (AvgIpc) is 3.60. The van der Waals surface area contributed by atoms with Crippen LogP contribution in [0.3, 0.4) is 0 Å². The van der Waals surface area contributed by atoms with Gasteiger partial charge in [-0.2, -0.15) is 0 Å². The molecule has 0 saturated carbocycles. The minimum atomic E-state index is 0.338. The maximum Gasteiger partial charge on any atom is 0.112 e. The van der Waals surface area contributed by atoms with Crippen LogP contribution < -0.4 is 10.6 Å². The van der Waals surface area contributed by atoms with Crippen LogP contribution in [0, 0.1) is 11.8 Å². The van der Waals surface area contributed by atoms with Crippen LogP contribution >= 0.6 is 46.2 Å². The predicted molar refractivity (Wildman–Crippen MR) is 155 cm³/mol. The van der Waals surface area contributed by atoms with E-state index in [1.807, 2.05) is 46.2 Å². The molecule has 4 heterocycles. The number of aryl methyl sites for hydroxylation is 2. The second kappa shape index (κ2) is 10.9. The van der Waals surface area contributed by atoms with E-state index in [1.54, 1.807) is 0 Å². The second-order valence-corrected chi connectivity index (χ2v) is 14.8. The maximum absolute atomic E-state index is 3.80. The molecule has 0 aliphatic carbocycles. The molecule has 0 saturated heterocycles. The summed E-state index contributed by atoms with van der Waals surface area (Å²) in [6.45, 7) is 9.32. The van der Waals surface area contributed by atoms with Gasteiger partial charge in [0.05, 0.1) is 11.4 Å². The fourth-order valence-electron chi connectivity index (χ4n) is 4.64. The van der Waals surface area contributed by atoms with Gasteiger partial charge in [-0.25, -0.2) is 0 Å². The Bertz CT molecular complexity index is 1080. The highest BCUT2D eigenvalue weighted by Crippen LogP contribution is 2.55. The van der Waals surface area contributed by atoms with E-state index >= 15 is 0 Å². The number of hydrogen-bond acceptors (Lipinski definition) is 6. The highest BCUT2D eigenvalue weighted by atomic mass is 32.2. The van der Waals surface area contributed by atoms with Crippen LogP contribution in [0.15, 0.2) is 46.2 Å². The lowest BCUT2D eigenvalue weighted by Crippen LogP contribution is -1.99. The molecule has 0 bridgehead atoms. The van der Waals surface area contributed by atoms with Crippen molar-refractivity contribution in [2.45, 2.75) is 86.8 Å². The highest BCUT2D eigenvalue weighted by molar-refractivity contribution is 8.00. The lowest BCUT2D eigenvalue weighted by Gasteiger charge is -2.11. The quantitative estimate of drug-likeness (QED) is 0.273. The normalized spacial score (nSPS) is 19.7. The molecule has 2 aromatic heterocycles. The standard InChI is InChI=1S/C28H36N2S4/c1-5-19-11-13-23(31-19)27-29-21-15-26-22(16-25(21)33-27)30-28(34-26)24-14-12-20(32-24)10-9-18(4)8-6-7-17(2)3/h11-18,27-30H,5-10H2,1-4H3. The Hall–Kier alpha value is -1.08. The van der Waals surface area contributed by atoms with E-state index in [2.05, 4.69) is 74.7 Å². The van der Waals surface area contributed by atoms with Crippen LogP contribution in [0.4, 0.5) is 11.4 Å². The van der Waals surface area contributed by atoms with Crippen LogP contribution in [-0.2, 0) is 12.8 Å². The monoisotopic (exact) mass is 528 g/mol. The van der Waals surface area contributed by atoms with Crippen molar-refractivity contribution in [3.63, 3.8) is 0 Å². The Morgan fingerprint density at radius 3 is 1.91 bits per heavy atom. The number of thioether (sulfide) groups is 2. The number of hydrogen-bond donors (Lipinski definition) is 2. The molecule has 2 aliphatic heterocycles. The smallest absolute Gasteiger partial charge is 0.112 e. The molecule has 2 nitrogen and oxygen atoms in total. The van der Waals surface area contributed by atoms with Gasteiger partial charge in [0.25, 0.3) is 0 Å². The summed E-state index contributed by atoms with van der Waals surface area (Å²) < 4.78 is 0.